The summed E-state index contributed by atoms with van der Waals surface area (Å²) in [5.41, 5.74) is 1.62. The molecule has 1 saturated heterocycles. The monoisotopic (exact) mass is 421 g/mol. The summed E-state index contributed by atoms with van der Waals surface area (Å²) in [5, 5.41) is 5.96. The predicted molar refractivity (Wildman–Crippen MR) is 124 cm³/mol. The van der Waals surface area contributed by atoms with Crippen molar-refractivity contribution < 1.29 is 9.00 Å². The molecule has 0 aromatic heterocycles. The molecule has 2 atom stereocenters. The molecule has 1 heterocycles. The summed E-state index contributed by atoms with van der Waals surface area (Å²) in [6.45, 7) is 15.4. The van der Waals surface area contributed by atoms with Gasteiger partial charge in [0, 0.05) is 45.6 Å². The Bertz CT molecular complexity index is 712. The van der Waals surface area contributed by atoms with Crippen LogP contribution in [0.5, 0.6) is 0 Å². The van der Waals surface area contributed by atoms with Crippen molar-refractivity contribution in [3.05, 3.63) is 29.8 Å². The van der Waals surface area contributed by atoms with Crippen molar-refractivity contribution in [3.63, 3.8) is 0 Å². The molecular formula is C23H39N3O2S. The molecule has 164 valence electrons. The number of benzene rings is 1. The van der Waals surface area contributed by atoms with E-state index in [1.807, 2.05) is 45.0 Å². The van der Waals surface area contributed by atoms with Gasteiger partial charge in [-0.05, 0) is 77.6 Å². The summed E-state index contributed by atoms with van der Waals surface area (Å²) in [6.07, 6.45) is 3.76. The summed E-state index contributed by atoms with van der Waals surface area (Å²) in [7, 11) is -0.965. The maximum absolute atomic E-state index is 12.5. The van der Waals surface area contributed by atoms with Gasteiger partial charge in [0.1, 0.15) is 0 Å². The number of amides is 2. The summed E-state index contributed by atoms with van der Waals surface area (Å²) < 4.78 is 12.1. The lowest BCUT2D eigenvalue weighted by atomic mass is 9.91. The van der Waals surface area contributed by atoms with Gasteiger partial charge in [-0.25, -0.2) is 4.79 Å². The van der Waals surface area contributed by atoms with E-state index in [9.17, 15) is 9.00 Å². The minimum Gasteiger partial charge on any atom is -0.336 e. The molecule has 1 aromatic rings. The SMILES string of the molecule is CC[C@H]1CCCN(C(C)(C)CNC(=O)Nc2cccc(C[S@@](=O)C(C)(C)C)c2)C1. The maximum atomic E-state index is 12.5. The molecule has 0 bridgehead atoms. The smallest absolute Gasteiger partial charge is 0.319 e. The highest BCUT2D eigenvalue weighted by atomic mass is 32.2. The van der Waals surface area contributed by atoms with Crippen molar-refractivity contribution in [2.45, 2.75) is 76.8 Å². The number of nitrogens with zero attached hydrogens (tertiary/aromatic N) is 1. The molecule has 1 aromatic carbocycles. The first kappa shape index (κ1) is 23.9. The largest absolute Gasteiger partial charge is 0.336 e. The molecule has 0 aliphatic carbocycles. The highest BCUT2D eigenvalue weighted by Crippen LogP contribution is 2.25. The molecule has 0 unspecified atom stereocenters. The van der Waals surface area contributed by atoms with E-state index in [1.54, 1.807) is 0 Å². The van der Waals surface area contributed by atoms with Gasteiger partial charge in [-0.1, -0.05) is 25.5 Å². The van der Waals surface area contributed by atoms with E-state index >= 15 is 0 Å². The zero-order valence-corrected chi connectivity index (χ0v) is 19.8. The minimum atomic E-state index is -0.965. The first-order valence-corrected chi connectivity index (χ1v) is 12.1. The van der Waals surface area contributed by atoms with Crippen molar-refractivity contribution in [1.82, 2.24) is 10.2 Å². The van der Waals surface area contributed by atoms with Crippen LogP contribution in [-0.2, 0) is 16.6 Å². The lowest BCUT2D eigenvalue weighted by Gasteiger charge is -2.43. The Morgan fingerprint density at radius 3 is 2.62 bits per heavy atom. The third-order valence-electron chi connectivity index (χ3n) is 5.80. The van der Waals surface area contributed by atoms with E-state index in [2.05, 4.69) is 36.3 Å². The number of anilines is 1. The molecule has 2 N–H and O–H groups in total. The lowest BCUT2D eigenvalue weighted by Crippen LogP contribution is -2.55. The number of hydrogen-bond donors (Lipinski definition) is 2. The fraction of sp³-hybridized carbons (Fsp3) is 0.696. The van der Waals surface area contributed by atoms with Gasteiger partial charge in [0.05, 0.1) is 0 Å². The average Bonchev–Trinajstić information content (AvgIpc) is 2.66. The van der Waals surface area contributed by atoms with E-state index in [-0.39, 0.29) is 16.3 Å². The molecule has 29 heavy (non-hydrogen) atoms. The molecule has 2 rings (SSSR count). The van der Waals surface area contributed by atoms with Crippen LogP contribution in [0.25, 0.3) is 0 Å². The van der Waals surface area contributed by atoms with Crippen LogP contribution in [0, 0.1) is 5.92 Å². The van der Waals surface area contributed by atoms with Gasteiger partial charge in [-0.3, -0.25) is 9.11 Å². The zero-order valence-electron chi connectivity index (χ0n) is 19.0. The van der Waals surface area contributed by atoms with Crippen LogP contribution >= 0.6 is 0 Å². The third-order valence-corrected chi connectivity index (χ3v) is 7.76. The van der Waals surface area contributed by atoms with Gasteiger partial charge in [-0.15, -0.1) is 0 Å². The second kappa shape index (κ2) is 10.1. The molecule has 0 saturated carbocycles. The molecule has 0 spiro atoms. The van der Waals surface area contributed by atoms with Crippen LogP contribution in [0.1, 0.15) is 66.4 Å². The first-order valence-electron chi connectivity index (χ1n) is 10.8. The van der Waals surface area contributed by atoms with E-state index in [1.165, 1.54) is 19.3 Å². The molecule has 1 aliphatic heterocycles. The molecule has 2 amide bonds. The quantitative estimate of drug-likeness (QED) is 0.667. The van der Waals surface area contributed by atoms with Gasteiger partial charge in [0.25, 0.3) is 0 Å². The van der Waals surface area contributed by atoms with Crippen molar-refractivity contribution in [1.29, 1.82) is 0 Å². The van der Waals surface area contributed by atoms with Crippen molar-refractivity contribution in [3.8, 4) is 0 Å². The summed E-state index contributed by atoms with van der Waals surface area (Å²) >= 11 is 0. The summed E-state index contributed by atoms with van der Waals surface area (Å²) in [5.74, 6) is 1.25. The Labute approximate surface area is 179 Å². The molecule has 5 nitrogen and oxygen atoms in total. The number of carbonyl (C=O) groups excluding carboxylic acids is 1. The number of rotatable bonds is 7. The Kier molecular flexibility index (Phi) is 8.29. The fourth-order valence-corrected chi connectivity index (χ4v) is 4.55. The van der Waals surface area contributed by atoms with Crippen LogP contribution in [0.3, 0.4) is 0 Å². The Morgan fingerprint density at radius 2 is 1.97 bits per heavy atom. The van der Waals surface area contributed by atoms with Crippen LogP contribution in [0.2, 0.25) is 0 Å². The molecular weight excluding hydrogens is 382 g/mol. The lowest BCUT2D eigenvalue weighted by molar-refractivity contribution is 0.0669. The van der Waals surface area contributed by atoms with Crippen LogP contribution in [0.15, 0.2) is 24.3 Å². The van der Waals surface area contributed by atoms with Crippen LogP contribution in [0.4, 0.5) is 10.5 Å². The number of nitrogens with one attached hydrogen (secondary N) is 2. The van der Waals surface area contributed by atoms with Crippen molar-refractivity contribution in [2.75, 3.05) is 25.0 Å². The standard InChI is InChI=1S/C23H39N3O2S/c1-7-18-11-9-13-26(15-18)23(5,6)17-24-21(27)25-20-12-8-10-19(14-20)16-29(28)22(2,3)4/h8,10,12,14,18H,7,9,11,13,15-17H2,1-6H3,(H2,24,25,27)/t18-,29+/m0/s1. The predicted octanol–water partition coefficient (Wildman–Crippen LogP) is 4.76. The molecule has 6 heteroatoms. The second-order valence-corrected chi connectivity index (χ2v) is 12.0. The van der Waals surface area contributed by atoms with Crippen molar-refractivity contribution in [2.24, 2.45) is 5.92 Å². The Balaban J connectivity index is 1.89. The minimum absolute atomic E-state index is 0.0728. The zero-order chi connectivity index (χ0) is 21.7. The van der Waals surface area contributed by atoms with Gasteiger partial charge in [-0.2, -0.15) is 0 Å². The van der Waals surface area contributed by atoms with Gasteiger partial charge >= 0.3 is 6.03 Å². The number of piperidine rings is 1. The molecule has 1 fully saturated rings. The van der Waals surface area contributed by atoms with Crippen LogP contribution in [-0.4, -0.2) is 45.1 Å². The maximum Gasteiger partial charge on any atom is 0.319 e. The third kappa shape index (κ3) is 7.41. The number of urea groups is 1. The Hall–Kier alpha value is -1.40. The van der Waals surface area contributed by atoms with E-state index in [4.69, 9.17) is 0 Å². The number of likely N-dealkylation sites (tertiary alicyclic amines) is 1. The van der Waals surface area contributed by atoms with E-state index < -0.39 is 10.8 Å². The van der Waals surface area contributed by atoms with Gasteiger partial charge in [0.2, 0.25) is 0 Å². The van der Waals surface area contributed by atoms with E-state index in [0.717, 1.165) is 30.3 Å². The topological polar surface area (TPSA) is 61.4 Å². The highest BCUT2D eigenvalue weighted by molar-refractivity contribution is 7.85. The highest BCUT2D eigenvalue weighted by Gasteiger charge is 2.31. The van der Waals surface area contributed by atoms with E-state index in [0.29, 0.717) is 12.3 Å². The van der Waals surface area contributed by atoms with Gasteiger partial charge < -0.3 is 10.6 Å². The molecule has 0 radical (unpaired) electrons. The first-order chi connectivity index (χ1) is 13.5. The fourth-order valence-electron chi connectivity index (χ4n) is 3.64. The Morgan fingerprint density at radius 1 is 1.24 bits per heavy atom. The van der Waals surface area contributed by atoms with Gasteiger partial charge in [0.15, 0.2) is 0 Å². The average molecular weight is 422 g/mol. The number of carbonyl (C=O) groups is 1. The van der Waals surface area contributed by atoms with Crippen molar-refractivity contribution >= 4 is 22.5 Å². The summed E-state index contributed by atoms with van der Waals surface area (Å²) in [6, 6.07) is 7.43. The van der Waals surface area contributed by atoms with Crippen LogP contribution < -0.4 is 10.6 Å². The summed E-state index contributed by atoms with van der Waals surface area (Å²) in [4.78, 5) is 15.0. The number of hydrogen-bond acceptors (Lipinski definition) is 3. The second-order valence-electron chi connectivity index (χ2n) is 9.79. The molecule has 1 aliphatic rings. The normalized spacial score (nSPS) is 19.6.